The molecule has 0 saturated heterocycles. The maximum absolute atomic E-state index is 5.85. The molecule has 0 fully saturated rings. The van der Waals surface area contributed by atoms with E-state index in [1.807, 2.05) is 19.9 Å². The fraction of sp³-hybridized carbons (Fsp3) is 0.222. The number of anilines is 2. The standard InChI is InChI=1S/C9H12N4/c1-4-3-6-8(11)7(10)5(2)13-9(6)12-4/h3H,10H2,1-2H3,(H3,11,12,13). The van der Waals surface area contributed by atoms with E-state index >= 15 is 0 Å². The fourth-order valence-electron chi connectivity index (χ4n) is 1.44. The molecule has 0 amide bonds. The van der Waals surface area contributed by atoms with Gasteiger partial charge in [-0.25, -0.2) is 4.98 Å². The summed E-state index contributed by atoms with van der Waals surface area (Å²) in [5.41, 5.74) is 15.4. The molecular formula is C9H12N4. The minimum atomic E-state index is 0.575. The maximum atomic E-state index is 5.85. The number of aromatic amines is 1. The van der Waals surface area contributed by atoms with E-state index in [0.717, 1.165) is 22.4 Å². The van der Waals surface area contributed by atoms with E-state index in [1.54, 1.807) is 0 Å². The molecule has 0 aliphatic heterocycles. The van der Waals surface area contributed by atoms with Gasteiger partial charge >= 0.3 is 0 Å². The summed E-state index contributed by atoms with van der Waals surface area (Å²) in [6.45, 7) is 3.81. The molecule has 0 bridgehead atoms. The molecule has 68 valence electrons. The zero-order valence-electron chi connectivity index (χ0n) is 7.68. The number of rotatable bonds is 0. The molecule has 0 aliphatic carbocycles. The molecule has 13 heavy (non-hydrogen) atoms. The van der Waals surface area contributed by atoms with Gasteiger partial charge in [0.25, 0.3) is 0 Å². The van der Waals surface area contributed by atoms with Crippen molar-refractivity contribution in [1.82, 2.24) is 9.97 Å². The second-order valence-corrected chi connectivity index (χ2v) is 3.24. The highest BCUT2D eigenvalue weighted by atomic mass is 14.9. The number of aryl methyl sites for hydroxylation is 2. The zero-order valence-corrected chi connectivity index (χ0v) is 7.68. The van der Waals surface area contributed by atoms with Crippen LogP contribution in [0.2, 0.25) is 0 Å². The van der Waals surface area contributed by atoms with Crippen molar-refractivity contribution < 1.29 is 0 Å². The first-order valence-electron chi connectivity index (χ1n) is 4.10. The Bertz CT molecular complexity index is 470. The summed E-state index contributed by atoms with van der Waals surface area (Å²) in [4.78, 5) is 7.42. The number of aromatic nitrogens is 2. The minimum Gasteiger partial charge on any atom is -0.396 e. The minimum absolute atomic E-state index is 0.575. The normalized spacial score (nSPS) is 10.9. The zero-order chi connectivity index (χ0) is 9.59. The smallest absolute Gasteiger partial charge is 0.139 e. The van der Waals surface area contributed by atoms with Gasteiger partial charge in [-0.3, -0.25) is 0 Å². The molecule has 0 aliphatic rings. The van der Waals surface area contributed by atoms with Gasteiger partial charge in [0.1, 0.15) is 5.65 Å². The monoisotopic (exact) mass is 176 g/mol. The van der Waals surface area contributed by atoms with E-state index in [1.165, 1.54) is 0 Å². The van der Waals surface area contributed by atoms with E-state index in [4.69, 9.17) is 11.5 Å². The van der Waals surface area contributed by atoms with Crippen molar-refractivity contribution in [2.24, 2.45) is 0 Å². The van der Waals surface area contributed by atoms with Crippen LogP contribution in [0.15, 0.2) is 6.07 Å². The second-order valence-electron chi connectivity index (χ2n) is 3.24. The largest absolute Gasteiger partial charge is 0.396 e. The van der Waals surface area contributed by atoms with Crippen LogP contribution in [-0.4, -0.2) is 9.97 Å². The Hall–Kier alpha value is -1.71. The van der Waals surface area contributed by atoms with Gasteiger partial charge in [-0.2, -0.15) is 0 Å². The van der Waals surface area contributed by atoms with Crippen LogP contribution in [0.1, 0.15) is 11.4 Å². The van der Waals surface area contributed by atoms with Crippen molar-refractivity contribution in [2.75, 3.05) is 11.5 Å². The molecule has 2 aromatic heterocycles. The number of hydrogen-bond acceptors (Lipinski definition) is 3. The summed E-state index contributed by atoms with van der Waals surface area (Å²) in [5, 5.41) is 0.903. The molecule has 0 atom stereocenters. The average molecular weight is 176 g/mol. The van der Waals surface area contributed by atoms with Gasteiger partial charge in [0, 0.05) is 11.1 Å². The molecule has 0 aromatic carbocycles. The van der Waals surface area contributed by atoms with E-state index in [0.29, 0.717) is 11.4 Å². The molecule has 4 heteroatoms. The maximum Gasteiger partial charge on any atom is 0.139 e. The Morgan fingerprint density at radius 2 is 1.92 bits per heavy atom. The lowest BCUT2D eigenvalue weighted by Crippen LogP contribution is -2.00. The summed E-state index contributed by atoms with van der Waals surface area (Å²) >= 11 is 0. The van der Waals surface area contributed by atoms with E-state index in [-0.39, 0.29) is 0 Å². The molecule has 2 heterocycles. The third-order valence-corrected chi connectivity index (χ3v) is 2.18. The third-order valence-electron chi connectivity index (χ3n) is 2.18. The van der Waals surface area contributed by atoms with Crippen LogP contribution in [0.5, 0.6) is 0 Å². The Balaban J connectivity index is 2.92. The van der Waals surface area contributed by atoms with Crippen molar-refractivity contribution in [2.45, 2.75) is 13.8 Å². The molecular weight excluding hydrogens is 164 g/mol. The van der Waals surface area contributed by atoms with Crippen molar-refractivity contribution in [3.8, 4) is 0 Å². The van der Waals surface area contributed by atoms with Crippen molar-refractivity contribution in [3.63, 3.8) is 0 Å². The molecule has 2 rings (SSSR count). The summed E-state index contributed by atoms with van der Waals surface area (Å²) in [6.07, 6.45) is 0. The number of H-pyrrole nitrogens is 1. The summed E-state index contributed by atoms with van der Waals surface area (Å²) in [5.74, 6) is 0. The number of hydrogen-bond donors (Lipinski definition) is 3. The topological polar surface area (TPSA) is 80.7 Å². The van der Waals surface area contributed by atoms with Gasteiger partial charge in [0.15, 0.2) is 0 Å². The highest BCUT2D eigenvalue weighted by Crippen LogP contribution is 2.27. The lowest BCUT2D eigenvalue weighted by atomic mass is 10.2. The van der Waals surface area contributed by atoms with Gasteiger partial charge < -0.3 is 16.5 Å². The highest BCUT2D eigenvalue weighted by molar-refractivity contribution is 5.95. The molecule has 0 unspecified atom stereocenters. The van der Waals surface area contributed by atoms with Crippen molar-refractivity contribution in [3.05, 3.63) is 17.5 Å². The average Bonchev–Trinajstić information content (AvgIpc) is 2.42. The molecule has 4 nitrogen and oxygen atoms in total. The molecule has 0 radical (unpaired) electrons. The summed E-state index contributed by atoms with van der Waals surface area (Å²) < 4.78 is 0. The molecule has 5 N–H and O–H groups in total. The Morgan fingerprint density at radius 3 is 2.62 bits per heavy atom. The van der Waals surface area contributed by atoms with Gasteiger partial charge in [-0.1, -0.05) is 0 Å². The Labute approximate surface area is 76.0 Å². The highest BCUT2D eigenvalue weighted by Gasteiger charge is 2.08. The van der Waals surface area contributed by atoms with Crippen LogP contribution in [0.25, 0.3) is 11.0 Å². The SMILES string of the molecule is Cc1cc2c(N)c(N)c(C)nc2[nH]1. The van der Waals surface area contributed by atoms with Crippen LogP contribution >= 0.6 is 0 Å². The van der Waals surface area contributed by atoms with Crippen LogP contribution < -0.4 is 11.5 Å². The molecule has 2 aromatic rings. The predicted molar refractivity (Wildman–Crippen MR) is 54.4 cm³/mol. The predicted octanol–water partition coefficient (Wildman–Crippen LogP) is 1.34. The first kappa shape index (κ1) is 7.91. The van der Waals surface area contributed by atoms with Gasteiger partial charge in [-0.15, -0.1) is 0 Å². The van der Waals surface area contributed by atoms with Crippen molar-refractivity contribution in [1.29, 1.82) is 0 Å². The quantitative estimate of drug-likeness (QED) is 0.566. The number of fused-ring (bicyclic) bond motifs is 1. The summed E-state index contributed by atoms with van der Waals surface area (Å²) in [6, 6.07) is 1.95. The Morgan fingerprint density at radius 1 is 1.23 bits per heavy atom. The number of nitrogens with two attached hydrogens (primary N) is 2. The third kappa shape index (κ3) is 1.02. The van der Waals surface area contributed by atoms with Gasteiger partial charge in [-0.05, 0) is 19.9 Å². The molecule has 0 saturated carbocycles. The number of nitrogens with zero attached hydrogens (tertiary/aromatic N) is 1. The number of pyridine rings is 1. The number of nitrogens with one attached hydrogen (secondary N) is 1. The van der Waals surface area contributed by atoms with Crippen LogP contribution in [0, 0.1) is 13.8 Å². The van der Waals surface area contributed by atoms with Crippen molar-refractivity contribution >= 4 is 22.4 Å². The van der Waals surface area contributed by atoms with Gasteiger partial charge in [0.05, 0.1) is 17.1 Å². The molecule has 0 spiro atoms. The first-order valence-corrected chi connectivity index (χ1v) is 4.10. The van der Waals surface area contributed by atoms with Crippen LogP contribution in [0.3, 0.4) is 0 Å². The summed E-state index contributed by atoms with van der Waals surface area (Å²) in [7, 11) is 0. The van der Waals surface area contributed by atoms with Gasteiger partial charge in [0.2, 0.25) is 0 Å². The van der Waals surface area contributed by atoms with Crippen LogP contribution in [-0.2, 0) is 0 Å². The fourth-order valence-corrected chi connectivity index (χ4v) is 1.44. The number of nitrogen functional groups attached to an aromatic ring is 2. The lowest BCUT2D eigenvalue weighted by molar-refractivity contribution is 1.20. The second kappa shape index (κ2) is 2.39. The van der Waals surface area contributed by atoms with Crippen LogP contribution in [0.4, 0.5) is 11.4 Å². The lowest BCUT2D eigenvalue weighted by Gasteiger charge is -2.03. The Kier molecular flexibility index (Phi) is 1.45. The van der Waals surface area contributed by atoms with E-state index in [9.17, 15) is 0 Å². The first-order chi connectivity index (χ1) is 6.09. The van der Waals surface area contributed by atoms with E-state index < -0.39 is 0 Å². The van der Waals surface area contributed by atoms with E-state index in [2.05, 4.69) is 9.97 Å².